The highest BCUT2D eigenvalue weighted by molar-refractivity contribution is 6.31. The molecule has 0 bridgehead atoms. The summed E-state index contributed by atoms with van der Waals surface area (Å²) in [7, 11) is 0. The molecule has 2 aliphatic rings. The average molecular weight is 615 g/mol. The predicted molar refractivity (Wildman–Crippen MR) is 160 cm³/mol. The zero-order valence-electron chi connectivity index (χ0n) is 23.6. The van der Waals surface area contributed by atoms with Gasteiger partial charge >= 0.3 is 6.09 Å². The van der Waals surface area contributed by atoms with Crippen molar-refractivity contribution in [2.45, 2.75) is 38.5 Å². The van der Waals surface area contributed by atoms with Crippen molar-refractivity contribution in [2.75, 3.05) is 39.3 Å². The summed E-state index contributed by atoms with van der Waals surface area (Å²) in [5, 5.41) is 22.1. The standard InChI is InChI=1S/C29H33Cl2N7O4/c1-29(2,3)42-28(40)36-12-13-38(25(39)17-36)24(26(33)19-4-6-20(30)7-5-19)14-34-27(35-18-32)37-15-23(16-37)41-22-10-8-21(31)9-11-22/h4-11,23-24,33H,12-17H2,1-3H3,(H,34,35). The van der Waals surface area contributed by atoms with E-state index in [9.17, 15) is 14.9 Å². The van der Waals surface area contributed by atoms with E-state index >= 15 is 0 Å². The summed E-state index contributed by atoms with van der Waals surface area (Å²) in [6, 6.07) is 13.1. The summed E-state index contributed by atoms with van der Waals surface area (Å²) >= 11 is 12.0. The Morgan fingerprint density at radius 1 is 1.10 bits per heavy atom. The molecule has 1 atom stereocenters. The summed E-state index contributed by atoms with van der Waals surface area (Å²) < 4.78 is 11.4. The lowest BCUT2D eigenvalue weighted by atomic mass is 10.0. The third kappa shape index (κ3) is 8.05. The summed E-state index contributed by atoms with van der Waals surface area (Å²) in [5.74, 6) is 0.680. The van der Waals surface area contributed by atoms with Gasteiger partial charge in [0.05, 0.1) is 31.4 Å². The molecule has 1 unspecified atom stereocenters. The Kier molecular flexibility index (Phi) is 9.81. The van der Waals surface area contributed by atoms with Crippen LogP contribution in [0.5, 0.6) is 5.75 Å². The highest BCUT2D eigenvalue weighted by Crippen LogP contribution is 2.22. The number of rotatable bonds is 7. The van der Waals surface area contributed by atoms with Crippen molar-refractivity contribution >= 4 is 46.9 Å². The third-order valence-corrected chi connectivity index (χ3v) is 7.12. The van der Waals surface area contributed by atoms with E-state index in [0.29, 0.717) is 40.4 Å². The maximum atomic E-state index is 13.3. The first-order valence-electron chi connectivity index (χ1n) is 13.4. The number of aliphatic imine (C=N–C) groups is 1. The van der Waals surface area contributed by atoms with Crippen molar-refractivity contribution < 1.29 is 19.1 Å². The molecule has 222 valence electrons. The first kappa shape index (κ1) is 30.9. The Balaban J connectivity index is 1.48. The first-order chi connectivity index (χ1) is 19.9. The fourth-order valence-electron chi connectivity index (χ4n) is 4.50. The maximum absolute atomic E-state index is 13.3. The van der Waals surface area contributed by atoms with Crippen LogP contribution in [0.4, 0.5) is 4.79 Å². The number of carbonyl (C=O) groups excluding carboxylic acids is 2. The van der Waals surface area contributed by atoms with Gasteiger partial charge in [-0.15, -0.1) is 0 Å². The highest BCUT2D eigenvalue weighted by Gasteiger charge is 2.36. The van der Waals surface area contributed by atoms with Crippen LogP contribution in [0.15, 0.2) is 53.5 Å². The Labute approximate surface area is 255 Å². The summed E-state index contributed by atoms with van der Waals surface area (Å²) in [6.45, 7) is 6.55. The number of nitrogens with one attached hydrogen (secondary N) is 2. The SMILES string of the molecule is CC(C)(C)OC(=O)N1CCN(C(CN=C(NC#N)N2CC(Oc3ccc(Cl)cc3)C2)C(=N)c2ccc(Cl)cc2)C(=O)C1. The molecule has 13 heteroatoms. The minimum Gasteiger partial charge on any atom is -0.487 e. The van der Waals surface area contributed by atoms with E-state index < -0.39 is 17.7 Å². The molecule has 0 aromatic heterocycles. The molecule has 2 fully saturated rings. The van der Waals surface area contributed by atoms with Crippen molar-refractivity contribution in [1.29, 1.82) is 10.7 Å². The molecule has 0 radical (unpaired) electrons. The molecule has 42 heavy (non-hydrogen) atoms. The van der Waals surface area contributed by atoms with Gasteiger partial charge in [-0.1, -0.05) is 35.3 Å². The maximum Gasteiger partial charge on any atom is 0.410 e. The number of benzene rings is 2. The Hall–Kier alpha value is -4.01. The van der Waals surface area contributed by atoms with Crippen LogP contribution >= 0.6 is 23.2 Å². The van der Waals surface area contributed by atoms with Gasteiger partial charge in [0.25, 0.3) is 0 Å². The van der Waals surface area contributed by atoms with Gasteiger partial charge in [-0.25, -0.2) is 9.79 Å². The van der Waals surface area contributed by atoms with Crippen LogP contribution in [0, 0.1) is 16.9 Å². The normalized spacial score (nSPS) is 16.8. The van der Waals surface area contributed by atoms with E-state index in [1.165, 1.54) is 4.90 Å². The second-order valence-corrected chi connectivity index (χ2v) is 11.8. The first-order valence-corrected chi connectivity index (χ1v) is 14.2. The van der Waals surface area contributed by atoms with Crippen LogP contribution in [0.1, 0.15) is 26.3 Å². The molecular formula is C29H33Cl2N7O4. The van der Waals surface area contributed by atoms with E-state index in [-0.39, 0.29) is 43.9 Å². The fraction of sp³-hybridized carbons (Fsp3) is 0.414. The molecule has 2 aromatic rings. The molecule has 2 aromatic carbocycles. The van der Waals surface area contributed by atoms with E-state index in [4.69, 9.17) is 38.1 Å². The molecule has 0 spiro atoms. The average Bonchev–Trinajstić information content (AvgIpc) is 2.91. The quantitative estimate of drug-likeness (QED) is 0.208. The van der Waals surface area contributed by atoms with E-state index in [2.05, 4.69) is 10.3 Å². The van der Waals surface area contributed by atoms with Gasteiger partial charge in [0.1, 0.15) is 24.0 Å². The van der Waals surface area contributed by atoms with Crippen LogP contribution in [0.3, 0.4) is 0 Å². The number of hydrogen-bond acceptors (Lipinski definition) is 7. The van der Waals surface area contributed by atoms with Gasteiger partial charge in [-0.3, -0.25) is 15.0 Å². The molecule has 2 N–H and O–H groups in total. The number of halogens is 2. The van der Waals surface area contributed by atoms with Crippen LogP contribution in [-0.4, -0.2) is 95.4 Å². The van der Waals surface area contributed by atoms with Crippen LogP contribution < -0.4 is 10.1 Å². The second kappa shape index (κ2) is 13.3. The van der Waals surface area contributed by atoms with Crippen LogP contribution in [0.2, 0.25) is 10.0 Å². The summed E-state index contributed by atoms with van der Waals surface area (Å²) in [4.78, 5) is 35.3. The Morgan fingerprint density at radius 2 is 1.71 bits per heavy atom. The van der Waals surface area contributed by atoms with Gasteiger partial charge in [-0.2, -0.15) is 5.26 Å². The van der Waals surface area contributed by atoms with Gasteiger partial charge in [0.2, 0.25) is 11.9 Å². The predicted octanol–water partition coefficient (Wildman–Crippen LogP) is 4.00. The Morgan fingerprint density at radius 3 is 2.29 bits per heavy atom. The molecule has 2 heterocycles. The molecule has 11 nitrogen and oxygen atoms in total. The lowest BCUT2D eigenvalue weighted by Crippen LogP contribution is -2.60. The monoisotopic (exact) mass is 613 g/mol. The number of guanidine groups is 1. The number of carbonyl (C=O) groups is 2. The van der Waals surface area contributed by atoms with E-state index in [1.807, 2.05) is 11.1 Å². The molecule has 2 amide bonds. The largest absolute Gasteiger partial charge is 0.487 e. The van der Waals surface area contributed by atoms with Gasteiger partial charge in [0, 0.05) is 23.1 Å². The van der Waals surface area contributed by atoms with Crippen molar-refractivity contribution in [3.8, 4) is 11.9 Å². The van der Waals surface area contributed by atoms with Crippen molar-refractivity contribution in [3.63, 3.8) is 0 Å². The van der Waals surface area contributed by atoms with Gasteiger partial charge in [0.15, 0.2) is 6.19 Å². The zero-order valence-corrected chi connectivity index (χ0v) is 25.2. The number of likely N-dealkylation sites (tertiary alicyclic amines) is 1. The van der Waals surface area contributed by atoms with Gasteiger partial charge in [-0.05, 0) is 62.7 Å². The topological polar surface area (TPSA) is 134 Å². The third-order valence-electron chi connectivity index (χ3n) is 6.62. The van der Waals surface area contributed by atoms with E-state index in [0.717, 1.165) is 0 Å². The van der Waals surface area contributed by atoms with Crippen molar-refractivity contribution in [2.24, 2.45) is 4.99 Å². The van der Waals surface area contributed by atoms with Crippen molar-refractivity contribution in [1.82, 2.24) is 20.0 Å². The second-order valence-electron chi connectivity index (χ2n) is 10.9. The number of piperazine rings is 1. The lowest BCUT2D eigenvalue weighted by Gasteiger charge is -2.41. The minimum absolute atomic E-state index is 0.0167. The van der Waals surface area contributed by atoms with Crippen LogP contribution in [0.25, 0.3) is 0 Å². The molecule has 2 saturated heterocycles. The zero-order chi connectivity index (χ0) is 30.4. The van der Waals surface area contributed by atoms with Gasteiger partial charge < -0.3 is 24.7 Å². The minimum atomic E-state index is -0.752. The number of nitrogens with zero attached hydrogens (tertiary/aromatic N) is 5. The molecule has 4 rings (SSSR count). The molecule has 0 aliphatic carbocycles. The Bertz CT molecular complexity index is 1360. The van der Waals surface area contributed by atoms with Crippen LogP contribution in [-0.2, 0) is 9.53 Å². The summed E-state index contributed by atoms with van der Waals surface area (Å²) in [6.07, 6.45) is 1.25. The summed E-state index contributed by atoms with van der Waals surface area (Å²) in [5.41, 5.74) is 0.0564. The fourth-order valence-corrected chi connectivity index (χ4v) is 4.75. The van der Waals surface area contributed by atoms with E-state index in [1.54, 1.807) is 74.2 Å². The van der Waals surface area contributed by atoms with Crippen molar-refractivity contribution in [3.05, 3.63) is 64.1 Å². The smallest absolute Gasteiger partial charge is 0.410 e. The molecular weight excluding hydrogens is 581 g/mol. The molecule has 2 aliphatic heterocycles. The number of hydrogen-bond donors (Lipinski definition) is 2. The number of amides is 2. The highest BCUT2D eigenvalue weighted by atomic mass is 35.5. The number of ether oxygens (including phenoxy) is 2. The molecule has 0 saturated carbocycles. The lowest BCUT2D eigenvalue weighted by molar-refractivity contribution is -0.136. The number of nitriles is 1.